The topological polar surface area (TPSA) is 23.6 Å². The summed E-state index contributed by atoms with van der Waals surface area (Å²) in [5, 5.41) is 0. The van der Waals surface area contributed by atoms with Gasteiger partial charge in [-0.15, -0.1) is 0 Å². The lowest BCUT2D eigenvalue weighted by Crippen LogP contribution is -2.44. The van der Waals surface area contributed by atoms with Crippen LogP contribution in [0.5, 0.6) is 0 Å². The first-order valence-electron chi connectivity index (χ1n) is 8.43. The Balaban J connectivity index is 0.000000480. The Morgan fingerprint density at radius 2 is 1.62 bits per heavy atom. The molecule has 4 heteroatoms. The fraction of sp³-hybridized carbons (Fsp3) is 0.941. The highest BCUT2D eigenvalue weighted by molar-refractivity contribution is 7.59. The van der Waals surface area contributed by atoms with Crippen molar-refractivity contribution in [1.29, 1.82) is 0 Å². The molecule has 0 aromatic carbocycles. The third kappa shape index (κ3) is 8.22. The van der Waals surface area contributed by atoms with Crippen molar-refractivity contribution in [3.8, 4) is 0 Å². The molecule has 1 saturated heterocycles. The van der Waals surface area contributed by atoms with E-state index in [1.807, 2.05) is 6.92 Å². The van der Waals surface area contributed by atoms with Gasteiger partial charge in [-0.1, -0.05) is 20.8 Å². The fourth-order valence-electron chi connectivity index (χ4n) is 2.73. The van der Waals surface area contributed by atoms with Gasteiger partial charge in [0.05, 0.1) is 0 Å². The lowest BCUT2D eigenvalue weighted by atomic mass is 10.0. The van der Waals surface area contributed by atoms with Crippen molar-refractivity contribution < 1.29 is 4.79 Å². The van der Waals surface area contributed by atoms with Gasteiger partial charge in [-0.2, -0.15) is 13.5 Å². The zero-order valence-electron chi connectivity index (χ0n) is 14.5. The normalized spacial score (nSPS) is 21.2. The number of hydrogen-bond donors (Lipinski definition) is 0. The largest absolute Gasteiger partial charge is 0.306 e. The maximum Gasteiger partial charge on any atom is 0.125 e. The van der Waals surface area contributed by atoms with Gasteiger partial charge in [-0.3, -0.25) is 0 Å². The van der Waals surface area contributed by atoms with Gasteiger partial charge in [0, 0.05) is 11.5 Å². The lowest BCUT2D eigenvalue weighted by Gasteiger charge is -2.37. The minimum absolute atomic E-state index is 0. The van der Waals surface area contributed by atoms with Crippen LogP contribution in [-0.4, -0.2) is 55.4 Å². The molecular weight excluding hydrogens is 280 g/mol. The van der Waals surface area contributed by atoms with Crippen LogP contribution in [-0.2, 0) is 4.79 Å². The molecule has 0 bridgehead atoms. The molecule has 2 aliphatic rings. The summed E-state index contributed by atoms with van der Waals surface area (Å²) in [6.07, 6.45) is 8.60. The third-order valence-electron chi connectivity index (χ3n) is 4.55. The van der Waals surface area contributed by atoms with E-state index in [1.54, 1.807) is 0 Å². The van der Waals surface area contributed by atoms with Crippen molar-refractivity contribution in [1.82, 2.24) is 9.80 Å². The Morgan fingerprint density at radius 3 is 1.90 bits per heavy atom. The van der Waals surface area contributed by atoms with Gasteiger partial charge in [0.2, 0.25) is 0 Å². The summed E-state index contributed by atoms with van der Waals surface area (Å²) >= 11 is 0. The Morgan fingerprint density at radius 1 is 1.14 bits per heavy atom. The maximum absolute atomic E-state index is 9.89. The molecule has 0 aromatic heterocycles. The molecule has 1 aliphatic heterocycles. The van der Waals surface area contributed by atoms with E-state index in [2.05, 4.69) is 30.7 Å². The van der Waals surface area contributed by atoms with E-state index < -0.39 is 0 Å². The van der Waals surface area contributed by atoms with Crippen molar-refractivity contribution in [2.24, 2.45) is 5.41 Å². The first-order valence-corrected chi connectivity index (χ1v) is 8.43. The summed E-state index contributed by atoms with van der Waals surface area (Å²) in [4.78, 5) is 15.0. The molecule has 0 atom stereocenters. The van der Waals surface area contributed by atoms with Gasteiger partial charge in [-0.25, -0.2) is 0 Å². The zero-order chi connectivity index (χ0) is 15.0. The molecule has 3 nitrogen and oxygen atoms in total. The van der Waals surface area contributed by atoms with Crippen molar-refractivity contribution in [2.75, 3.05) is 33.2 Å². The zero-order valence-corrected chi connectivity index (χ0v) is 15.5. The summed E-state index contributed by atoms with van der Waals surface area (Å²) in [5.41, 5.74) is 0.111. The predicted molar refractivity (Wildman–Crippen MR) is 96.5 cm³/mol. The average molecular weight is 317 g/mol. The molecule has 1 heterocycles. The molecule has 21 heavy (non-hydrogen) atoms. The number of rotatable bonds is 6. The van der Waals surface area contributed by atoms with E-state index in [4.69, 9.17) is 0 Å². The molecule has 0 radical (unpaired) electrons. The van der Waals surface area contributed by atoms with Crippen LogP contribution in [0.15, 0.2) is 0 Å². The van der Waals surface area contributed by atoms with Crippen LogP contribution in [0.3, 0.4) is 0 Å². The molecule has 1 saturated carbocycles. The Labute approximate surface area is 138 Å². The number of nitrogens with zero attached hydrogens (tertiary/aromatic N) is 2. The lowest BCUT2D eigenvalue weighted by molar-refractivity contribution is -0.111. The van der Waals surface area contributed by atoms with Crippen LogP contribution in [0.1, 0.15) is 59.3 Å². The molecule has 0 unspecified atom stereocenters. The van der Waals surface area contributed by atoms with E-state index in [1.165, 1.54) is 51.9 Å². The highest BCUT2D eigenvalue weighted by Gasteiger charge is 2.36. The SMILES string of the molecule is CC1(C=O)CC1.CCCN(CCC)C1CCN(C)CC1.S. The quantitative estimate of drug-likeness (QED) is 0.703. The molecule has 0 N–H and O–H groups in total. The summed E-state index contributed by atoms with van der Waals surface area (Å²) in [6.45, 7) is 11.7. The van der Waals surface area contributed by atoms with Crippen molar-refractivity contribution in [3.63, 3.8) is 0 Å². The minimum Gasteiger partial charge on any atom is -0.306 e. The van der Waals surface area contributed by atoms with Gasteiger partial charge in [0.15, 0.2) is 0 Å². The van der Waals surface area contributed by atoms with E-state index >= 15 is 0 Å². The van der Waals surface area contributed by atoms with Crippen molar-refractivity contribution in [2.45, 2.75) is 65.3 Å². The Kier molecular flexibility index (Phi) is 10.6. The summed E-state index contributed by atoms with van der Waals surface area (Å²) in [5.74, 6) is 0. The third-order valence-corrected chi connectivity index (χ3v) is 4.55. The van der Waals surface area contributed by atoms with Gasteiger partial charge in [0.25, 0.3) is 0 Å². The van der Waals surface area contributed by atoms with Gasteiger partial charge >= 0.3 is 0 Å². The fourth-order valence-corrected chi connectivity index (χ4v) is 2.73. The van der Waals surface area contributed by atoms with Crippen LogP contribution in [0.25, 0.3) is 0 Å². The molecule has 0 spiro atoms. The first-order chi connectivity index (χ1) is 9.54. The number of likely N-dealkylation sites (tertiary alicyclic amines) is 1. The highest BCUT2D eigenvalue weighted by atomic mass is 32.1. The molecule has 0 amide bonds. The molecular formula is C17H36N2OS. The number of carbonyl (C=O) groups is 1. The van der Waals surface area contributed by atoms with Gasteiger partial charge < -0.3 is 14.6 Å². The molecule has 2 fully saturated rings. The summed E-state index contributed by atoms with van der Waals surface area (Å²) in [6, 6.07) is 0.867. The second-order valence-electron chi connectivity index (χ2n) is 6.84. The second kappa shape index (κ2) is 10.6. The monoisotopic (exact) mass is 316 g/mol. The Hall–Kier alpha value is -0.0600. The smallest absolute Gasteiger partial charge is 0.125 e. The van der Waals surface area contributed by atoms with E-state index in [9.17, 15) is 4.79 Å². The molecule has 126 valence electrons. The first kappa shape index (κ1) is 20.9. The average Bonchev–Trinajstić information content (AvgIpc) is 3.19. The predicted octanol–water partition coefficient (Wildman–Crippen LogP) is 3.30. The summed E-state index contributed by atoms with van der Waals surface area (Å²) in [7, 11) is 2.24. The van der Waals surface area contributed by atoms with E-state index in [-0.39, 0.29) is 18.9 Å². The van der Waals surface area contributed by atoms with Crippen molar-refractivity contribution in [3.05, 3.63) is 0 Å². The van der Waals surface area contributed by atoms with Crippen LogP contribution in [0, 0.1) is 5.41 Å². The second-order valence-corrected chi connectivity index (χ2v) is 6.84. The van der Waals surface area contributed by atoms with E-state index in [0.29, 0.717) is 0 Å². The molecule has 1 aliphatic carbocycles. The van der Waals surface area contributed by atoms with Crippen LogP contribution < -0.4 is 0 Å². The van der Waals surface area contributed by atoms with Gasteiger partial charge in [-0.05, 0) is 71.8 Å². The Bertz CT molecular complexity index is 268. The number of hydrogen-bond acceptors (Lipinski definition) is 3. The molecule has 2 rings (SSSR count). The van der Waals surface area contributed by atoms with Crippen molar-refractivity contribution >= 4 is 19.8 Å². The minimum atomic E-state index is 0. The van der Waals surface area contributed by atoms with Crippen LogP contribution in [0.4, 0.5) is 0 Å². The highest BCUT2D eigenvalue weighted by Crippen LogP contribution is 2.42. The van der Waals surface area contributed by atoms with Gasteiger partial charge in [0.1, 0.15) is 6.29 Å². The number of aldehydes is 1. The van der Waals surface area contributed by atoms with Crippen LogP contribution in [0.2, 0.25) is 0 Å². The number of carbonyl (C=O) groups excluding carboxylic acids is 1. The van der Waals surface area contributed by atoms with Crippen LogP contribution >= 0.6 is 13.5 Å². The summed E-state index contributed by atoms with van der Waals surface area (Å²) < 4.78 is 0. The standard InChI is InChI=1S/C12H26N2.C5H8O.H2S/c1-4-8-14(9-5-2)12-6-10-13(3)11-7-12;1-5(4-6)2-3-5;/h12H,4-11H2,1-3H3;4H,2-3H2,1H3;1H2. The van der Waals surface area contributed by atoms with E-state index in [0.717, 1.165) is 25.2 Å². The molecule has 0 aromatic rings. The number of piperidine rings is 1. The maximum atomic E-state index is 9.89.